The van der Waals surface area contributed by atoms with Crippen LogP contribution in [0.5, 0.6) is 0 Å². The van der Waals surface area contributed by atoms with Crippen LogP contribution >= 0.6 is 23.5 Å². The summed E-state index contributed by atoms with van der Waals surface area (Å²) in [5, 5.41) is 17.7. The number of hydrogen-bond acceptors (Lipinski definition) is 18. The molecule has 34 nitrogen and oxygen atoms in total. The third kappa shape index (κ3) is 29.9. The van der Waals surface area contributed by atoms with Gasteiger partial charge < -0.3 is 106 Å². The summed E-state index contributed by atoms with van der Waals surface area (Å²) >= 11 is -0.217. The lowest BCUT2D eigenvalue weighted by atomic mass is 9.93. The molecule has 31 N–H and O–H groups in total. The highest BCUT2D eigenvalue weighted by molar-refractivity contribution is 7.99. The molecule has 4 bridgehead atoms. The van der Waals surface area contributed by atoms with Crippen LogP contribution in [0.15, 0.2) is 39.7 Å². The van der Waals surface area contributed by atoms with Crippen molar-refractivity contribution in [3.8, 4) is 11.1 Å². The van der Waals surface area contributed by atoms with E-state index in [2.05, 4.69) is 67.2 Å². The van der Waals surface area contributed by atoms with Gasteiger partial charge in [0.25, 0.3) is 0 Å². The standard InChI is InChI=1S/C62H95F8N25O9S2/c1-27(2)38(98)24-90-51(99)29-23-36(96)30(11-5-17-85-58(73)74)91-53(101)32(13-7-19-87-60(77)78)93-55(103)34(15-9-21-89-62(81)82)95-56(104)33(14-8-20-88-61(79)80)94-54(102)31(12-6-18-86-59(75)76)92-52(100)28(10-4-16-84-57(71)72)22-37(97)35(83-3)26-106-50-47(69)43(65)40(44(66)48(50)70)39-41(63)45(67)49(105-25-29)46(68)42(39)64/h27-35,83H,4-26H2,1-3H3,(H,90,99)(H,91,101)(H,92,100)(H,93,103)(H,94,102)(H,95,104)(H4,71,72,84)(H4,73,74,85)(H4,75,76,86)(H4,77,78,87)(H4,79,80,88)(H4,81,82,89). The Morgan fingerprint density at radius 1 is 0.415 bits per heavy atom. The number of ketones is 3. The van der Waals surface area contributed by atoms with E-state index in [0.717, 1.165) is 0 Å². The fourth-order valence-electron chi connectivity index (χ4n) is 10.3. The van der Waals surface area contributed by atoms with Gasteiger partial charge in [0.15, 0.2) is 99.6 Å². The van der Waals surface area contributed by atoms with Crippen LogP contribution in [0.4, 0.5) is 35.1 Å². The Morgan fingerprint density at radius 3 is 1.02 bits per heavy atom. The average molecular weight is 1550 g/mol. The van der Waals surface area contributed by atoms with Crippen LogP contribution in [0, 0.1) is 64.3 Å². The number of rotatable bonds is 29. The van der Waals surface area contributed by atoms with Gasteiger partial charge in [-0.15, -0.1) is 23.5 Å². The Hall–Kier alpha value is -10.0. The Kier molecular flexibility index (Phi) is 38.6. The molecule has 3 aliphatic rings. The molecule has 0 saturated carbocycles. The molecule has 0 aromatic heterocycles. The lowest BCUT2D eigenvalue weighted by Gasteiger charge is -2.28. The zero-order chi connectivity index (χ0) is 79.7. The summed E-state index contributed by atoms with van der Waals surface area (Å²) < 4.78 is 130. The van der Waals surface area contributed by atoms with E-state index < -0.39 is 211 Å². The van der Waals surface area contributed by atoms with Crippen LogP contribution < -0.4 is 106 Å². The van der Waals surface area contributed by atoms with Crippen molar-refractivity contribution < 1.29 is 78.3 Å². The minimum Gasteiger partial charge on any atom is -0.370 e. The fourth-order valence-corrected chi connectivity index (χ4v) is 12.5. The van der Waals surface area contributed by atoms with Crippen molar-refractivity contribution in [2.45, 2.75) is 150 Å². The predicted molar refractivity (Wildman–Crippen MR) is 384 cm³/mol. The molecule has 8 atom stereocenters. The van der Waals surface area contributed by atoms with Crippen molar-refractivity contribution in [1.82, 2.24) is 37.2 Å². The molecule has 2 aromatic carbocycles. The quantitative estimate of drug-likeness (QED) is 0.0131. The number of nitrogens with zero attached hydrogens (tertiary/aromatic N) is 6. The van der Waals surface area contributed by atoms with Crippen LogP contribution in [0.25, 0.3) is 11.1 Å². The molecule has 0 fully saturated rings. The van der Waals surface area contributed by atoms with Crippen molar-refractivity contribution in [2.75, 3.05) is 64.4 Å². The molecule has 106 heavy (non-hydrogen) atoms. The van der Waals surface area contributed by atoms with E-state index in [9.17, 15) is 43.2 Å². The molecule has 3 heterocycles. The maximum Gasteiger partial charge on any atom is 0.243 e. The fraction of sp³-hybridized carbons (Fsp3) is 0.565. The number of hydrogen-bond donors (Lipinski definition) is 19. The number of thioether (sulfide) groups is 2. The van der Waals surface area contributed by atoms with Gasteiger partial charge in [0.1, 0.15) is 24.2 Å². The molecular weight excluding hydrogens is 1450 g/mol. The number of carbonyl (C=O) groups excluding carboxylic acids is 9. The second-order valence-corrected chi connectivity index (χ2v) is 26.5. The predicted octanol–water partition coefficient (Wildman–Crippen LogP) is -2.51. The van der Waals surface area contributed by atoms with Gasteiger partial charge in [0.05, 0.1) is 45.5 Å². The lowest BCUT2D eigenvalue weighted by molar-refractivity contribution is -0.136. The summed E-state index contributed by atoms with van der Waals surface area (Å²) in [5.74, 6) is -36.9. The largest absolute Gasteiger partial charge is 0.370 e. The number of aliphatic imine (C=N–C) groups is 6. The second-order valence-electron chi connectivity index (χ2n) is 24.5. The molecule has 0 aliphatic carbocycles. The third-order valence-electron chi connectivity index (χ3n) is 15.9. The maximum absolute atomic E-state index is 16.4. The molecule has 44 heteroatoms. The number of nitrogens with two attached hydrogens (primary N) is 12. The van der Waals surface area contributed by atoms with Gasteiger partial charge in [0, 0.05) is 75.5 Å². The zero-order valence-electron chi connectivity index (χ0n) is 58.6. The molecule has 8 unspecified atom stereocenters. The van der Waals surface area contributed by atoms with Crippen LogP contribution in [-0.4, -0.2) is 189 Å². The number of likely N-dealkylation sites (N-methyl/N-ethyl adjacent to an activating group) is 1. The summed E-state index contributed by atoms with van der Waals surface area (Å²) in [4.78, 5) is 150. The number of halogens is 8. The normalized spacial score (nSPS) is 19.8. The summed E-state index contributed by atoms with van der Waals surface area (Å²) in [6.07, 6.45) is -4.02. The molecule has 0 radical (unpaired) electrons. The van der Waals surface area contributed by atoms with E-state index in [1.165, 1.54) is 20.9 Å². The van der Waals surface area contributed by atoms with Crippen LogP contribution in [0.2, 0.25) is 0 Å². The van der Waals surface area contributed by atoms with Gasteiger partial charge in [0.2, 0.25) is 35.4 Å². The summed E-state index contributed by atoms with van der Waals surface area (Å²) in [6.45, 7) is 1.34. The van der Waals surface area contributed by atoms with Crippen molar-refractivity contribution in [3.63, 3.8) is 0 Å². The van der Waals surface area contributed by atoms with E-state index >= 15 is 35.1 Å². The second kappa shape index (κ2) is 45.4. The van der Waals surface area contributed by atoms with E-state index in [-0.39, 0.29) is 170 Å². The first-order valence-electron chi connectivity index (χ1n) is 33.3. The molecule has 6 amide bonds. The van der Waals surface area contributed by atoms with Gasteiger partial charge in [-0.3, -0.25) is 73.1 Å². The van der Waals surface area contributed by atoms with Crippen molar-refractivity contribution in [1.29, 1.82) is 0 Å². The highest BCUT2D eigenvalue weighted by Gasteiger charge is 2.39. The summed E-state index contributed by atoms with van der Waals surface area (Å²) in [5.41, 5.74) is 62.2. The lowest BCUT2D eigenvalue weighted by Crippen LogP contribution is -2.59. The summed E-state index contributed by atoms with van der Waals surface area (Å²) in [6, 6.07) is -9.91. The van der Waals surface area contributed by atoms with Crippen LogP contribution in [0.1, 0.15) is 104 Å². The number of guanidine groups is 6. The molecule has 0 saturated heterocycles. The first kappa shape index (κ1) is 90.2. The summed E-state index contributed by atoms with van der Waals surface area (Å²) in [7, 11) is 1.18. The molecule has 2 aromatic rings. The first-order chi connectivity index (χ1) is 49.9. The van der Waals surface area contributed by atoms with E-state index in [4.69, 9.17) is 68.8 Å². The van der Waals surface area contributed by atoms with E-state index in [0.29, 0.717) is 0 Å². The third-order valence-corrected chi connectivity index (χ3v) is 18.3. The molecule has 590 valence electrons. The minimum absolute atomic E-state index is 0.0203. The SMILES string of the molecule is CNC1CSc2c(F)c(F)c(c(F)c2F)-c2c(F)c(F)c(c(F)c2F)SCC(C(=O)NCC(=O)C(C)C)CC(=O)C(CCCN=C(N)N)NC(=O)C(CCCN=C(N)N)NC(=O)C(CCCN=C(N)N)NC(=O)C(CCCN=C(N)N)NC(=O)C(CCCN=C(N)N)NC(=O)C(CCCN=C(N)N)CC1=O. The monoisotopic (exact) mass is 1550 g/mol. The van der Waals surface area contributed by atoms with E-state index in [1.807, 2.05) is 0 Å². The van der Waals surface area contributed by atoms with Crippen LogP contribution in [-0.2, 0) is 43.2 Å². The Balaban J connectivity index is 2.49. The Labute approximate surface area is 613 Å². The highest BCUT2D eigenvalue weighted by atomic mass is 32.2. The van der Waals surface area contributed by atoms with Crippen molar-refractivity contribution in [3.05, 3.63) is 46.5 Å². The molecular formula is C62H95F8N25O9S2. The number of carbonyl (C=O) groups is 9. The minimum atomic E-state index is -2.60. The average Bonchev–Trinajstić information content (AvgIpc) is 0.746. The topological polar surface area (TPSA) is 624 Å². The maximum atomic E-state index is 16.4. The van der Waals surface area contributed by atoms with Crippen molar-refractivity contribution in [2.24, 2.45) is 117 Å². The van der Waals surface area contributed by atoms with Crippen LogP contribution in [0.3, 0.4) is 0 Å². The number of nitrogens with one attached hydrogen (secondary N) is 7. The number of amides is 6. The molecule has 5 rings (SSSR count). The van der Waals surface area contributed by atoms with Gasteiger partial charge in [-0.25, -0.2) is 35.1 Å². The van der Waals surface area contributed by atoms with Gasteiger partial charge in [-0.05, 0) is 84.1 Å². The van der Waals surface area contributed by atoms with Gasteiger partial charge in [-0.2, -0.15) is 0 Å². The Bertz CT molecular complexity index is 3550. The Morgan fingerprint density at radius 2 is 0.708 bits per heavy atom. The zero-order valence-corrected chi connectivity index (χ0v) is 60.2. The van der Waals surface area contributed by atoms with E-state index in [1.54, 1.807) is 0 Å². The van der Waals surface area contributed by atoms with Gasteiger partial charge >= 0.3 is 0 Å². The highest BCUT2D eigenvalue weighted by Crippen LogP contribution is 2.43. The number of fused-ring (bicyclic) bond motifs is 2. The van der Waals surface area contributed by atoms with Crippen molar-refractivity contribution >= 4 is 112 Å². The molecule has 3 aliphatic heterocycles. The first-order valence-corrected chi connectivity index (χ1v) is 35.2. The number of Topliss-reactive ketones (excluding diaryl/α,β-unsaturated/α-hetero) is 3. The number of benzene rings is 2. The smallest absolute Gasteiger partial charge is 0.243 e. The van der Waals surface area contributed by atoms with Gasteiger partial charge in [-0.1, -0.05) is 13.8 Å². The molecule has 0 spiro atoms.